The van der Waals surface area contributed by atoms with Crippen molar-refractivity contribution in [3.8, 4) is 0 Å². The van der Waals surface area contributed by atoms with Gasteiger partial charge in [-0.05, 0) is 109 Å². The lowest BCUT2D eigenvalue weighted by atomic mass is 10.0. The first-order valence-electron chi connectivity index (χ1n) is 32.5. The summed E-state index contributed by atoms with van der Waals surface area (Å²) in [5.74, 6) is -1.06. The van der Waals surface area contributed by atoms with Crippen LogP contribution in [0.3, 0.4) is 0 Å². The largest absolute Gasteiger partial charge is 0.462 e. The molecule has 0 amide bonds. The Morgan fingerprint density at radius 1 is 0.282 bits per heavy atom. The summed E-state index contributed by atoms with van der Waals surface area (Å²) in [5, 5.41) is 0. The molecule has 0 spiro atoms. The van der Waals surface area contributed by atoms with E-state index < -0.39 is 12.1 Å². The molecule has 444 valence electrons. The van der Waals surface area contributed by atoms with Gasteiger partial charge in [0.15, 0.2) is 6.10 Å². The minimum absolute atomic E-state index is 0.0912. The molecular weight excluding hydrogens is 961 g/mol. The first-order valence-corrected chi connectivity index (χ1v) is 32.5. The maximum Gasteiger partial charge on any atom is 0.310 e. The molecule has 0 aromatic heterocycles. The third kappa shape index (κ3) is 62.7. The number of esters is 3. The van der Waals surface area contributed by atoms with Gasteiger partial charge in [0.05, 0.1) is 6.42 Å². The van der Waals surface area contributed by atoms with Crippen LogP contribution in [-0.2, 0) is 28.6 Å². The summed E-state index contributed by atoms with van der Waals surface area (Å²) in [6, 6.07) is 0. The van der Waals surface area contributed by atoms with Gasteiger partial charge in [0, 0.05) is 12.8 Å². The lowest BCUT2D eigenvalue weighted by Crippen LogP contribution is -2.30. The van der Waals surface area contributed by atoms with Crippen molar-refractivity contribution in [2.45, 2.75) is 303 Å². The smallest absolute Gasteiger partial charge is 0.310 e. The van der Waals surface area contributed by atoms with Crippen molar-refractivity contribution in [2.24, 2.45) is 0 Å². The van der Waals surface area contributed by atoms with E-state index in [1.54, 1.807) is 6.08 Å². The number of allylic oxidation sites excluding steroid dienone is 19. The molecule has 0 aromatic rings. The second kappa shape index (κ2) is 65.3. The maximum absolute atomic E-state index is 12.8. The Balaban J connectivity index is 4.28. The van der Waals surface area contributed by atoms with Gasteiger partial charge in [-0.15, -0.1) is 0 Å². The molecule has 0 fully saturated rings. The van der Waals surface area contributed by atoms with Gasteiger partial charge in [-0.2, -0.15) is 0 Å². The molecule has 0 heterocycles. The van der Waals surface area contributed by atoms with Gasteiger partial charge in [0.25, 0.3) is 0 Å². The Labute approximate surface area is 482 Å². The Morgan fingerprint density at radius 2 is 0.551 bits per heavy atom. The highest BCUT2D eigenvalue weighted by atomic mass is 16.6. The predicted octanol–water partition coefficient (Wildman–Crippen LogP) is 22.4. The quantitative estimate of drug-likeness (QED) is 0.0261. The van der Waals surface area contributed by atoms with Crippen LogP contribution in [0.1, 0.15) is 297 Å². The zero-order chi connectivity index (χ0) is 56.4. The second-order valence-electron chi connectivity index (χ2n) is 21.3. The van der Waals surface area contributed by atoms with E-state index in [1.165, 1.54) is 148 Å². The van der Waals surface area contributed by atoms with Gasteiger partial charge in [-0.1, -0.05) is 290 Å². The van der Waals surface area contributed by atoms with E-state index in [9.17, 15) is 14.4 Å². The summed E-state index contributed by atoms with van der Waals surface area (Å²) in [6.45, 7) is 6.39. The van der Waals surface area contributed by atoms with Crippen LogP contribution in [0, 0.1) is 0 Å². The van der Waals surface area contributed by atoms with E-state index >= 15 is 0 Å². The zero-order valence-corrected chi connectivity index (χ0v) is 50.9. The van der Waals surface area contributed by atoms with Crippen molar-refractivity contribution in [1.82, 2.24) is 0 Å². The standard InChI is InChI=1S/C72H120O6/c1-4-7-10-13-16-19-22-25-28-29-30-31-32-33-34-35-36-37-38-39-40-41-42-43-45-47-50-53-56-59-62-65-71(74)77-68-69(67-76-70(73)64-61-58-55-52-49-46-27-24-21-18-15-12-9-6-3)78-72(75)66-63-60-57-54-51-48-44-26-23-20-17-14-11-8-5-2/h8,11,15,17-18,20,22,24-27,29-30,32-33,44,51,54,60,63,69H,4-7,9-10,12-14,16,19,21,23,28,31,34-43,45-50,52-53,55-59,61-62,64-68H2,1-3H3/b11-8-,18-15-,20-17-,25-22-,27-24-,30-29-,33-32-,44-26-,54-51-,63-60-. The second-order valence-corrected chi connectivity index (χ2v) is 21.3. The topological polar surface area (TPSA) is 78.9 Å². The number of hydrogen-bond donors (Lipinski definition) is 0. The number of carbonyl (C=O) groups is 3. The van der Waals surface area contributed by atoms with E-state index in [2.05, 4.69) is 130 Å². The fourth-order valence-corrected chi connectivity index (χ4v) is 8.84. The molecule has 0 aliphatic rings. The van der Waals surface area contributed by atoms with Gasteiger partial charge in [0.1, 0.15) is 13.2 Å². The van der Waals surface area contributed by atoms with Crippen LogP contribution in [0.25, 0.3) is 0 Å². The first kappa shape index (κ1) is 73.8. The van der Waals surface area contributed by atoms with Crippen molar-refractivity contribution in [3.63, 3.8) is 0 Å². The summed E-state index contributed by atoms with van der Waals surface area (Å²) < 4.78 is 16.8. The zero-order valence-electron chi connectivity index (χ0n) is 50.9. The molecule has 0 N–H and O–H groups in total. The summed E-state index contributed by atoms with van der Waals surface area (Å²) in [6.07, 6.45) is 91.1. The van der Waals surface area contributed by atoms with E-state index in [4.69, 9.17) is 14.2 Å². The van der Waals surface area contributed by atoms with Crippen LogP contribution in [0.4, 0.5) is 0 Å². The molecular formula is C72H120O6. The molecule has 0 aliphatic heterocycles. The molecule has 0 aromatic carbocycles. The lowest BCUT2D eigenvalue weighted by Gasteiger charge is -2.18. The summed E-state index contributed by atoms with van der Waals surface area (Å²) in [4.78, 5) is 38.2. The van der Waals surface area contributed by atoms with E-state index in [-0.39, 0.29) is 31.6 Å². The fourth-order valence-electron chi connectivity index (χ4n) is 8.84. The average Bonchev–Trinajstić information content (AvgIpc) is 3.44. The van der Waals surface area contributed by atoms with Crippen LogP contribution >= 0.6 is 0 Å². The van der Waals surface area contributed by atoms with Crippen LogP contribution in [-0.4, -0.2) is 37.2 Å². The molecule has 1 unspecified atom stereocenters. The first-order chi connectivity index (χ1) is 38.5. The van der Waals surface area contributed by atoms with E-state index in [1.807, 2.05) is 6.08 Å². The molecule has 0 aliphatic carbocycles. The fraction of sp³-hybridized carbons (Fsp3) is 0.681. The minimum Gasteiger partial charge on any atom is -0.462 e. The third-order valence-corrected chi connectivity index (χ3v) is 13.7. The van der Waals surface area contributed by atoms with Crippen molar-refractivity contribution >= 4 is 17.9 Å². The molecule has 0 radical (unpaired) electrons. The minimum atomic E-state index is -0.841. The summed E-state index contributed by atoms with van der Waals surface area (Å²) >= 11 is 0. The van der Waals surface area contributed by atoms with E-state index in [0.29, 0.717) is 19.3 Å². The van der Waals surface area contributed by atoms with Crippen LogP contribution < -0.4 is 0 Å². The monoisotopic (exact) mass is 1080 g/mol. The number of unbranched alkanes of at least 4 members (excludes halogenated alkanes) is 28. The SMILES string of the molecule is CC/C=C\C/C=C\C/C=C\C/C=C\C/C=C\CC(=O)OC(COC(=O)CCCCCCC/C=C\C/C=C\CCCC)COC(=O)CCCCCCCCCCCCCCCCCC/C=C\C/C=C\C/C=C\CCCCCCC. The normalized spacial score (nSPS) is 12.9. The summed E-state index contributed by atoms with van der Waals surface area (Å²) in [5.41, 5.74) is 0. The average molecular weight is 1080 g/mol. The highest BCUT2D eigenvalue weighted by Crippen LogP contribution is 2.16. The molecule has 6 heteroatoms. The highest BCUT2D eigenvalue weighted by molar-refractivity contribution is 5.72. The Bertz CT molecular complexity index is 1620. The molecule has 0 saturated heterocycles. The van der Waals surface area contributed by atoms with E-state index in [0.717, 1.165) is 103 Å². The molecule has 78 heavy (non-hydrogen) atoms. The van der Waals surface area contributed by atoms with Crippen molar-refractivity contribution in [3.05, 3.63) is 122 Å². The summed E-state index contributed by atoms with van der Waals surface area (Å²) in [7, 11) is 0. The number of ether oxygens (including phenoxy) is 3. The Hall–Kier alpha value is -4.19. The number of hydrogen-bond acceptors (Lipinski definition) is 6. The highest BCUT2D eigenvalue weighted by Gasteiger charge is 2.19. The van der Waals surface area contributed by atoms with Crippen molar-refractivity contribution in [1.29, 1.82) is 0 Å². The van der Waals surface area contributed by atoms with Crippen LogP contribution in [0.15, 0.2) is 122 Å². The molecule has 1 atom stereocenters. The van der Waals surface area contributed by atoms with Gasteiger partial charge in [-0.25, -0.2) is 0 Å². The maximum atomic E-state index is 12.8. The molecule has 6 nitrogen and oxygen atoms in total. The third-order valence-electron chi connectivity index (χ3n) is 13.7. The van der Waals surface area contributed by atoms with Gasteiger partial charge in [0.2, 0.25) is 0 Å². The number of carbonyl (C=O) groups excluding carboxylic acids is 3. The van der Waals surface area contributed by atoms with Crippen LogP contribution in [0.2, 0.25) is 0 Å². The molecule has 0 saturated carbocycles. The van der Waals surface area contributed by atoms with Crippen LogP contribution in [0.5, 0.6) is 0 Å². The Kier molecular flexibility index (Phi) is 61.8. The van der Waals surface area contributed by atoms with Gasteiger partial charge >= 0.3 is 17.9 Å². The predicted molar refractivity (Wildman–Crippen MR) is 339 cm³/mol. The Morgan fingerprint density at radius 3 is 0.885 bits per heavy atom. The van der Waals surface area contributed by atoms with Crippen molar-refractivity contribution < 1.29 is 28.6 Å². The molecule has 0 bridgehead atoms. The van der Waals surface area contributed by atoms with Gasteiger partial charge < -0.3 is 14.2 Å². The number of rotatable bonds is 58. The van der Waals surface area contributed by atoms with Gasteiger partial charge in [-0.3, -0.25) is 14.4 Å². The van der Waals surface area contributed by atoms with Crippen molar-refractivity contribution in [2.75, 3.05) is 13.2 Å². The lowest BCUT2D eigenvalue weighted by molar-refractivity contribution is -0.166. The molecule has 0 rings (SSSR count).